The molecule has 0 spiro atoms. The minimum atomic E-state index is -0.362. The summed E-state index contributed by atoms with van der Waals surface area (Å²) in [5.74, 6) is 1.18. The van der Waals surface area contributed by atoms with Gasteiger partial charge in [0.25, 0.3) is 0 Å². The van der Waals surface area contributed by atoms with Gasteiger partial charge in [-0.1, -0.05) is 5.16 Å². The van der Waals surface area contributed by atoms with Crippen LogP contribution in [0.4, 0.5) is 0 Å². The standard InChI is InChI=1S/C11H15N3O2S/c1-8(15)5-14(2)6-10-12-11(13-16-10)9-3-4-17-7-9/h3-4,7-8,15H,5-6H2,1-2H3. The van der Waals surface area contributed by atoms with Gasteiger partial charge in [0.15, 0.2) is 0 Å². The zero-order valence-electron chi connectivity index (χ0n) is 9.83. The third-order valence-corrected chi connectivity index (χ3v) is 2.91. The summed E-state index contributed by atoms with van der Waals surface area (Å²) < 4.78 is 5.16. The molecule has 6 heteroatoms. The number of likely N-dealkylation sites (N-methyl/N-ethyl adjacent to an activating group) is 1. The highest BCUT2D eigenvalue weighted by Gasteiger charge is 2.11. The lowest BCUT2D eigenvalue weighted by atomic mass is 10.3. The maximum atomic E-state index is 9.25. The zero-order chi connectivity index (χ0) is 12.3. The maximum Gasteiger partial charge on any atom is 0.241 e. The van der Waals surface area contributed by atoms with Gasteiger partial charge >= 0.3 is 0 Å². The van der Waals surface area contributed by atoms with Gasteiger partial charge < -0.3 is 9.63 Å². The molecule has 5 nitrogen and oxygen atoms in total. The molecule has 0 radical (unpaired) electrons. The van der Waals surface area contributed by atoms with E-state index in [1.807, 2.05) is 28.8 Å². The second kappa shape index (κ2) is 5.39. The van der Waals surface area contributed by atoms with E-state index in [1.54, 1.807) is 18.3 Å². The molecule has 2 rings (SSSR count). The molecule has 2 aromatic rings. The number of aliphatic hydroxyl groups excluding tert-OH is 1. The van der Waals surface area contributed by atoms with Crippen LogP contribution in [0.15, 0.2) is 21.3 Å². The molecule has 0 saturated heterocycles. The molecular weight excluding hydrogens is 238 g/mol. The van der Waals surface area contributed by atoms with Crippen LogP contribution >= 0.6 is 11.3 Å². The van der Waals surface area contributed by atoms with Gasteiger partial charge in [-0.15, -0.1) is 0 Å². The van der Waals surface area contributed by atoms with Crippen LogP contribution in [0.1, 0.15) is 12.8 Å². The van der Waals surface area contributed by atoms with Gasteiger partial charge in [0.2, 0.25) is 11.7 Å². The van der Waals surface area contributed by atoms with E-state index >= 15 is 0 Å². The fraction of sp³-hybridized carbons (Fsp3) is 0.455. The van der Waals surface area contributed by atoms with E-state index in [0.717, 1.165) is 5.56 Å². The Labute approximate surface area is 104 Å². The van der Waals surface area contributed by atoms with E-state index in [1.165, 1.54) is 0 Å². The monoisotopic (exact) mass is 253 g/mol. The second-order valence-corrected chi connectivity index (χ2v) is 4.85. The van der Waals surface area contributed by atoms with Crippen molar-refractivity contribution in [2.75, 3.05) is 13.6 Å². The van der Waals surface area contributed by atoms with Crippen molar-refractivity contribution in [2.45, 2.75) is 19.6 Å². The van der Waals surface area contributed by atoms with Crippen molar-refractivity contribution in [2.24, 2.45) is 0 Å². The molecule has 0 fully saturated rings. The SMILES string of the molecule is CC(O)CN(C)Cc1nc(-c2ccsc2)no1. The highest BCUT2D eigenvalue weighted by molar-refractivity contribution is 7.08. The maximum absolute atomic E-state index is 9.25. The fourth-order valence-corrected chi connectivity index (χ4v) is 2.21. The molecule has 0 aromatic carbocycles. The number of thiophene rings is 1. The topological polar surface area (TPSA) is 62.4 Å². The van der Waals surface area contributed by atoms with E-state index in [9.17, 15) is 5.11 Å². The highest BCUT2D eigenvalue weighted by atomic mass is 32.1. The number of nitrogens with zero attached hydrogens (tertiary/aromatic N) is 3. The summed E-state index contributed by atoms with van der Waals surface area (Å²) in [4.78, 5) is 6.25. The summed E-state index contributed by atoms with van der Waals surface area (Å²) >= 11 is 1.60. The number of aromatic nitrogens is 2. The highest BCUT2D eigenvalue weighted by Crippen LogP contribution is 2.18. The van der Waals surface area contributed by atoms with Crippen molar-refractivity contribution in [3.63, 3.8) is 0 Å². The first kappa shape index (κ1) is 12.2. The number of aliphatic hydroxyl groups is 1. The third-order valence-electron chi connectivity index (χ3n) is 2.23. The summed E-state index contributed by atoms with van der Waals surface area (Å²) in [5.41, 5.74) is 0.975. The van der Waals surface area contributed by atoms with Crippen LogP contribution in [-0.2, 0) is 6.54 Å². The Balaban J connectivity index is 1.99. The summed E-state index contributed by atoms with van der Waals surface area (Å²) in [6, 6.07) is 1.96. The van der Waals surface area contributed by atoms with Crippen molar-refractivity contribution in [3.8, 4) is 11.4 Å². The van der Waals surface area contributed by atoms with Crippen LogP contribution in [0, 0.1) is 0 Å². The average Bonchev–Trinajstić information content (AvgIpc) is 2.84. The van der Waals surface area contributed by atoms with Gasteiger partial charge in [-0.3, -0.25) is 4.90 Å². The molecule has 0 aliphatic carbocycles. The van der Waals surface area contributed by atoms with Crippen molar-refractivity contribution >= 4 is 11.3 Å². The van der Waals surface area contributed by atoms with E-state index < -0.39 is 0 Å². The van der Waals surface area contributed by atoms with Crippen molar-refractivity contribution in [3.05, 3.63) is 22.7 Å². The van der Waals surface area contributed by atoms with Crippen LogP contribution in [0.3, 0.4) is 0 Å². The molecule has 0 amide bonds. The Morgan fingerprint density at radius 2 is 2.41 bits per heavy atom. The lowest BCUT2D eigenvalue weighted by Crippen LogP contribution is -2.26. The first-order valence-corrected chi connectivity index (χ1v) is 6.31. The summed E-state index contributed by atoms with van der Waals surface area (Å²) in [7, 11) is 1.90. The number of hydrogen-bond donors (Lipinski definition) is 1. The Morgan fingerprint density at radius 3 is 3.06 bits per heavy atom. The molecule has 1 atom stereocenters. The van der Waals surface area contributed by atoms with Crippen molar-refractivity contribution in [1.29, 1.82) is 0 Å². The van der Waals surface area contributed by atoms with Crippen molar-refractivity contribution < 1.29 is 9.63 Å². The number of hydrogen-bond acceptors (Lipinski definition) is 6. The Morgan fingerprint density at radius 1 is 1.59 bits per heavy atom. The quantitative estimate of drug-likeness (QED) is 0.877. The summed E-state index contributed by atoms with van der Waals surface area (Å²) in [5, 5.41) is 17.1. The average molecular weight is 253 g/mol. The molecule has 1 N–H and O–H groups in total. The Bertz CT molecular complexity index is 453. The molecule has 0 bridgehead atoms. The molecular formula is C11H15N3O2S. The van der Waals surface area contributed by atoms with Crippen molar-refractivity contribution in [1.82, 2.24) is 15.0 Å². The van der Waals surface area contributed by atoms with Crippen LogP contribution in [0.5, 0.6) is 0 Å². The fourth-order valence-electron chi connectivity index (χ4n) is 1.57. The first-order valence-electron chi connectivity index (χ1n) is 5.37. The third kappa shape index (κ3) is 3.36. The van der Waals surface area contributed by atoms with Crippen LogP contribution in [0.25, 0.3) is 11.4 Å². The molecule has 92 valence electrons. The molecule has 0 aliphatic rings. The van der Waals surface area contributed by atoms with Crippen LogP contribution < -0.4 is 0 Å². The lowest BCUT2D eigenvalue weighted by molar-refractivity contribution is 0.131. The number of rotatable bonds is 5. The van der Waals surface area contributed by atoms with Gasteiger partial charge in [-0.05, 0) is 25.4 Å². The predicted molar refractivity (Wildman–Crippen MR) is 65.6 cm³/mol. The zero-order valence-corrected chi connectivity index (χ0v) is 10.6. The second-order valence-electron chi connectivity index (χ2n) is 4.07. The molecule has 17 heavy (non-hydrogen) atoms. The molecule has 2 aromatic heterocycles. The lowest BCUT2D eigenvalue weighted by Gasteiger charge is -2.15. The van der Waals surface area contributed by atoms with Gasteiger partial charge in [0.1, 0.15) is 0 Å². The van der Waals surface area contributed by atoms with Gasteiger partial charge in [-0.25, -0.2) is 0 Å². The normalized spacial score (nSPS) is 13.2. The van der Waals surface area contributed by atoms with E-state index in [0.29, 0.717) is 24.8 Å². The summed E-state index contributed by atoms with van der Waals surface area (Å²) in [6.07, 6.45) is -0.362. The first-order chi connectivity index (χ1) is 8.15. The smallest absolute Gasteiger partial charge is 0.241 e. The van der Waals surface area contributed by atoms with Crippen LogP contribution in [0.2, 0.25) is 0 Å². The molecule has 0 saturated carbocycles. The predicted octanol–water partition coefficient (Wildman–Crippen LogP) is 1.61. The molecule has 2 heterocycles. The van der Waals surface area contributed by atoms with Gasteiger partial charge in [0, 0.05) is 17.5 Å². The largest absolute Gasteiger partial charge is 0.392 e. The Kier molecular flexibility index (Phi) is 3.88. The minimum absolute atomic E-state index is 0.362. The minimum Gasteiger partial charge on any atom is -0.392 e. The Hall–Kier alpha value is -1.24. The molecule has 1 unspecified atom stereocenters. The van der Waals surface area contributed by atoms with E-state index in [4.69, 9.17) is 4.52 Å². The van der Waals surface area contributed by atoms with Gasteiger partial charge in [0.05, 0.1) is 12.6 Å². The van der Waals surface area contributed by atoms with Gasteiger partial charge in [-0.2, -0.15) is 16.3 Å². The summed E-state index contributed by atoms with van der Waals surface area (Å²) in [6.45, 7) is 2.87. The van der Waals surface area contributed by atoms with E-state index in [-0.39, 0.29) is 6.10 Å². The molecule has 0 aliphatic heterocycles. The van der Waals surface area contributed by atoms with Crippen LogP contribution in [-0.4, -0.2) is 39.8 Å². The van der Waals surface area contributed by atoms with E-state index in [2.05, 4.69) is 10.1 Å².